The lowest BCUT2D eigenvalue weighted by molar-refractivity contribution is -0.130. The Kier molecular flexibility index (Phi) is 3.22. The van der Waals surface area contributed by atoms with Gasteiger partial charge in [-0.05, 0) is 18.6 Å². The molecule has 0 aliphatic carbocycles. The van der Waals surface area contributed by atoms with Gasteiger partial charge < -0.3 is 13.8 Å². The minimum Gasteiger partial charge on any atom is -0.408 e. The van der Waals surface area contributed by atoms with E-state index in [9.17, 15) is 9.59 Å². The van der Waals surface area contributed by atoms with E-state index in [4.69, 9.17) is 8.94 Å². The molecule has 3 aromatic rings. The summed E-state index contributed by atoms with van der Waals surface area (Å²) in [6.45, 7) is 1.11. The van der Waals surface area contributed by atoms with Gasteiger partial charge in [-0.1, -0.05) is 17.3 Å². The quantitative estimate of drug-likeness (QED) is 0.715. The van der Waals surface area contributed by atoms with Crippen molar-refractivity contribution >= 4 is 17.0 Å². The summed E-state index contributed by atoms with van der Waals surface area (Å²) in [5, 5.41) is 3.83. The van der Waals surface area contributed by atoms with Gasteiger partial charge in [0.15, 0.2) is 11.4 Å². The van der Waals surface area contributed by atoms with Crippen molar-refractivity contribution in [1.29, 1.82) is 0 Å². The SMILES string of the molecule is O=C(Cn1c(=O)oc2ccccc21)N1CCC(c2ncon2)C1. The first kappa shape index (κ1) is 13.7. The van der Waals surface area contributed by atoms with Crippen molar-refractivity contribution in [2.75, 3.05) is 13.1 Å². The second kappa shape index (κ2) is 5.38. The highest BCUT2D eigenvalue weighted by molar-refractivity contribution is 5.79. The standard InChI is InChI=1S/C15H14N4O4/c20-13(18-6-5-10(7-18)14-16-9-22-17-14)8-19-11-3-1-2-4-12(11)23-15(19)21/h1-4,9-10H,5-8H2. The number of carbonyl (C=O) groups is 1. The van der Waals surface area contributed by atoms with Crippen molar-refractivity contribution in [2.24, 2.45) is 0 Å². The van der Waals surface area contributed by atoms with Gasteiger partial charge >= 0.3 is 5.76 Å². The molecule has 0 radical (unpaired) electrons. The molecule has 1 saturated heterocycles. The van der Waals surface area contributed by atoms with Crippen LogP contribution in [0.2, 0.25) is 0 Å². The lowest BCUT2D eigenvalue weighted by Gasteiger charge is -2.15. The number of hydrogen-bond donors (Lipinski definition) is 0. The first-order valence-electron chi connectivity index (χ1n) is 7.35. The van der Waals surface area contributed by atoms with Gasteiger partial charge in [-0.25, -0.2) is 4.79 Å². The first-order chi connectivity index (χ1) is 11.2. The van der Waals surface area contributed by atoms with Gasteiger partial charge in [-0.2, -0.15) is 4.98 Å². The Morgan fingerprint density at radius 1 is 1.35 bits per heavy atom. The van der Waals surface area contributed by atoms with Crippen LogP contribution in [0.3, 0.4) is 0 Å². The maximum Gasteiger partial charge on any atom is 0.420 e. The minimum absolute atomic E-state index is 0.0329. The molecule has 1 fully saturated rings. The number of hydrogen-bond acceptors (Lipinski definition) is 6. The maximum atomic E-state index is 12.5. The topological polar surface area (TPSA) is 94.4 Å². The summed E-state index contributed by atoms with van der Waals surface area (Å²) in [6.07, 6.45) is 2.07. The molecule has 0 bridgehead atoms. The van der Waals surface area contributed by atoms with E-state index in [0.29, 0.717) is 30.0 Å². The zero-order valence-corrected chi connectivity index (χ0v) is 12.2. The summed E-state index contributed by atoms with van der Waals surface area (Å²) in [7, 11) is 0. The van der Waals surface area contributed by atoms with Crippen molar-refractivity contribution in [2.45, 2.75) is 18.9 Å². The number of oxazole rings is 1. The monoisotopic (exact) mass is 314 g/mol. The number of carbonyl (C=O) groups excluding carboxylic acids is 1. The third kappa shape index (κ3) is 2.41. The number of fused-ring (bicyclic) bond motifs is 1. The van der Waals surface area contributed by atoms with Crippen LogP contribution < -0.4 is 5.76 Å². The van der Waals surface area contributed by atoms with Crippen LogP contribution in [0, 0.1) is 0 Å². The van der Waals surface area contributed by atoms with E-state index < -0.39 is 5.76 Å². The molecule has 8 nitrogen and oxygen atoms in total. The van der Waals surface area contributed by atoms with Crippen LogP contribution in [-0.4, -0.2) is 38.6 Å². The molecule has 2 aromatic heterocycles. The lowest BCUT2D eigenvalue weighted by Crippen LogP contribution is -2.34. The molecular weight excluding hydrogens is 300 g/mol. The second-order valence-electron chi connectivity index (χ2n) is 5.54. The molecule has 1 aliphatic rings. The average molecular weight is 314 g/mol. The molecule has 118 valence electrons. The van der Waals surface area contributed by atoms with Crippen molar-refractivity contribution in [3.05, 3.63) is 47.0 Å². The molecule has 1 unspecified atom stereocenters. The summed E-state index contributed by atoms with van der Waals surface area (Å²) in [5.74, 6) is 0.0554. The fraction of sp³-hybridized carbons (Fsp3) is 0.333. The number of likely N-dealkylation sites (tertiary alicyclic amines) is 1. The third-order valence-electron chi connectivity index (χ3n) is 4.15. The van der Waals surface area contributed by atoms with Crippen LogP contribution in [-0.2, 0) is 11.3 Å². The maximum absolute atomic E-state index is 12.5. The molecule has 1 amide bonds. The van der Waals surface area contributed by atoms with Gasteiger partial charge in [0.25, 0.3) is 0 Å². The zero-order valence-electron chi connectivity index (χ0n) is 12.2. The van der Waals surface area contributed by atoms with Gasteiger partial charge in [0.1, 0.15) is 6.54 Å². The number of aromatic nitrogens is 3. The predicted octanol–water partition coefficient (Wildman–Crippen LogP) is 0.994. The smallest absolute Gasteiger partial charge is 0.408 e. The highest BCUT2D eigenvalue weighted by Gasteiger charge is 2.30. The molecule has 23 heavy (non-hydrogen) atoms. The fourth-order valence-corrected chi connectivity index (χ4v) is 2.96. The van der Waals surface area contributed by atoms with E-state index in [2.05, 4.69) is 10.1 Å². The number of nitrogens with zero attached hydrogens (tertiary/aromatic N) is 4. The summed E-state index contributed by atoms with van der Waals surface area (Å²) in [5.41, 5.74) is 1.11. The molecule has 1 aliphatic heterocycles. The molecule has 0 N–H and O–H groups in total. The van der Waals surface area contributed by atoms with Crippen LogP contribution in [0.4, 0.5) is 0 Å². The highest BCUT2D eigenvalue weighted by atomic mass is 16.5. The average Bonchev–Trinajstić information content (AvgIpc) is 3.27. The Bertz CT molecular complexity index is 896. The van der Waals surface area contributed by atoms with Crippen molar-refractivity contribution in [3.63, 3.8) is 0 Å². The molecule has 1 aromatic carbocycles. The molecule has 3 heterocycles. The Balaban J connectivity index is 1.52. The molecule has 8 heteroatoms. The number of para-hydroxylation sites is 2. The molecule has 0 saturated carbocycles. The largest absolute Gasteiger partial charge is 0.420 e. The van der Waals surface area contributed by atoms with E-state index >= 15 is 0 Å². The third-order valence-corrected chi connectivity index (χ3v) is 4.15. The van der Waals surface area contributed by atoms with Gasteiger partial charge in [0, 0.05) is 19.0 Å². The van der Waals surface area contributed by atoms with Gasteiger partial charge in [0.2, 0.25) is 12.3 Å². The molecular formula is C15H14N4O4. The second-order valence-corrected chi connectivity index (χ2v) is 5.54. The van der Waals surface area contributed by atoms with E-state index in [1.807, 2.05) is 0 Å². The normalized spacial score (nSPS) is 17.9. The van der Waals surface area contributed by atoms with Crippen LogP contribution >= 0.6 is 0 Å². The van der Waals surface area contributed by atoms with Crippen LogP contribution in [0.15, 0.2) is 44.4 Å². The van der Waals surface area contributed by atoms with Gasteiger partial charge in [-0.3, -0.25) is 9.36 Å². The Morgan fingerprint density at radius 3 is 3.04 bits per heavy atom. The van der Waals surface area contributed by atoms with Crippen LogP contribution in [0.25, 0.3) is 11.1 Å². The summed E-state index contributed by atoms with van der Waals surface area (Å²) in [4.78, 5) is 30.2. The predicted molar refractivity (Wildman–Crippen MR) is 78.7 cm³/mol. The number of benzene rings is 1. The molecule has 1 atom stereocenters. The van der Waals surface area contributed by atoms with E-state index in [-0.39, 0.29) is 18.4 Å². The number of amides is 1. The summed E-state index contributed by atoms with van der Waals surface area (Å²) < 4.78 is 11.3. The number of rotatable bonds is 3. The van der Waals surface area contributed by atoms with E-state index in [1.165, 1.54) is 11.0 Å². The van der Waals surface area contributed by atoms with Crippen molar-refractivity contribution in [1.82, 2.24) is 19.6 Å². The van der Waals surface area contributed by atoms with Crippen LogP contribution in [0.5, 0.6) is 0 Å². The summed E-state index contributed by atoms with van der Waals surface area (Å²) >= 11 is 0. The van der Waals surface area contributed by atoms with Crippen LogP contribution in [0.1, 0.15) is 18.2 Å². The van der Waals surface area contributed by atoms with E-state index in [0.717, 1.165) is 6.42 Å². The highest BCUT2D eigenvalue weighted by Crippen LogP contribution is 2.24. The first-order valence-corrected chi connectivity index (χ1v) is 7.35. The Hall–Kier alpha value is -2.90. The fourth-order valence-electron chi connectivity index (χ4n) is 2.96. The summed E-state index contributed by atoms with van der Waals surface area (Å²) in [6, 6.07) is 7.06. The molecule has 4 rings (SSSR count). The van der Waals surface area contributed by atoms with Gasteiger partial charge in [0.05, 0.1) is 5.52 Å². The zero-order chi connectivity index (χ0) is 15.8. The minimum atomic E-state index is -0.520. The Morgan fingerprint density at radius 2 is 2.22 bits per heavy atom. The van der Waals surface area contributed by atoms with E-state index in [1.54, 1.807) is 29.2 Å². The van der Waals surface area contributed by atoms with Gasteiger partial charge in [-0.15, -0.1) is 0 Å². The van der Waals surface area contributed by atoms with Crippen molar-refractivity contribution < 1.29 is 13.7 Å². The lowest BCUT2D eigenvalue weighted by atomic mass is 10.1. The molecule has 0 spiro atoms. The van der Waals surface area contributed by atoms with Crippen molar-refractivity contribution in [3.8, 4) is 0 Å². The Labute approximate surface area is 130 Å².